The van der Waals surface area contributed by atoms with Crippen LogP contribution >= 0.6 is 0 Å². The minimum Gasteiger partial charge on any atom is -0.455 e. The molecule has 0 radical (unpaired) electrons. The molecule has 302 valence electrons. The summed E-state index contributed by atoms with van der Waals surface area (Å²) in [6.45, 7) is 0. The molecule has 0 aliphatic heterocycles. The molecule has 9 aromatic carbocycles. The van der Waals surface area contributed by atoms with Crippen LogP contribution in [0.5, 0.6) is 0 Å². The zero-order valence-electron chi connectivity index (χ0n) is 34.6. The molecular formula is C59H33N3O3. The lowest BCUT2D eigenvalue weighted by Gasteiger charge is -2.15. The fourth-order valence-electron chi connectivity index (χ4n) is 10.7. The van der Waals surface area contributed by atoms with Crippen LogP contribution in [0.2, 0.25) is 0 Å². The number of aromatic nitrogens is 3. The molecule has 65 heavy (non-hydrogen) atoms. The van der Waals surface area contributed by atoms with Gasteiger partial charge in [0.25, 0.3) is 0 Å². The summed E-state index contributed by atoms with van der Waals surface area (Å²) in [7, 11) is 0. The summed E-state index contributed by atoms with van der Waals surface area (Å²) in [5, 5.41) is 11.0. The molecule has 0 aliphatic rings. The van der Waals surface area contributed by atoms with Crippen LogP contribution in [0.1, 0.15) is 0 Å². The molecule has 6 heterocycles. The van der Waals surface area contributed by atoms with Gasteiger partial charge in [0, 0.05) is 65.0 Å². The van der Waals surface area contributed by atoms with E-state index >= 15 is 0 Å². The van der Waals surface area contributed by atoms with E-state index in [1.54, 1.807) is 0 Å². The number of furan rings is 3. The molecule has 6 heteroatoms. The topological polar surface area (TPSA) is 62.2 Å². The van der Waals surface area contributed by atoms with E-state index in [4.69, 9.17) is 18.2 Å². The van der Waals surface area contributed by atoms with Crippen LogP contribution in [0.3, 0.4) is 0 Å². The van der Waals surface area contributed by atoms with Gasteiger partial charge in [0.05, 0.1) is 44.8 Å². The number of pyridine rings is 1. The first-order valence-corrected chi connectivity index (χ1v) is 21.9. The Labute approximate surface area is 369 Å². The molecule has 0 N–H and O–H groups in total. The summed E-state index contributed by atoms with van der Waals surface area (Å²) in [6.07, 6.45) is 0. The Morgan fingerprint density at radius 3 is 1.25 bits per heavy atom. The first-order valence-electron chi connectivity index (χ1n) is 21.9. The second-order valence-corrected chi connectivity index (χ2v) is 17.0. The lowest BCUT2D eigenvalue weighted by atomic mass is 10.0. The molecule has 0 amide bonds. The van der Waals surface area contributed by atoms with Gasteiger partial charge in [-0.25, -0.2) is 4.98 Å². The Balaban J connectivity index is 1.10. The number of rotatable bonds is 4. The van der Waals surface area contributed by atoms with E-state index in [1.807, 2.05) is 30.3 Å². The Morgan fingerprint density at radius 1 is 0.308 bits per heavy atom. The van der Waals surface area contributed by atoms with Crippen LogP contribution in [0.25, 0.3) is 143 Å². The van der Waals surface area contributed by atoms with Crippen molar-refractivity contribution < 1.29 is 13.3 Å². The molecule has 0 unspecified atom stereocenters. The smallest absolute Gasteiger partial charge is 0.159 e. The van der Waals surface area contributed by atoms with E-state index in [0.29, 0.717) is 0 Å². The molecule has 0 saturated heterocycles. The second kappa shape index (κ2) is 12.8. The molecule has 0 fully saturated rings. The lowest BCUT2D eigenvalue weighted by molar-refractivity contribution is 0.666. The number of hydrogen-bond acceptors (Lipinski definition) is 4. The average molecular weight is 832 g/mol. The van der Waals surface area contributed by atoms with Gasteiger partial charge in [0.15, 0.2) is 5.58 Å². The molecule has 0 atom stereocenters. The molecule has 15 rings (SSSR count). The number of benzene rings is 9. The highest BCUT2D eigenvalue weighted by molar-refractivity contribution is 6.24. The number of fused-ring (bicyclic) bond motifs is 16. The quantitative estimate of drug-likeness (QED) is 0.177. The van der Waals surface area contributed by atoms with Crippen molar-refractivity contribution in [2.75, 3.05) is 0 Å². The summed E-state index contributed by atoms with van der Waals surface area (Å²) in [5.41, 5.74) is 14.7. The van der Waals surface area contributed by atoms with Crippen molar-refractivity contribution in [2.24, 2.45) is 0 Å². The average Bonchev–Trinajstić information content (AvgIpc) is 4.18. The fraction of sp³-hybridized carbons (Fsp3) is 0. The van der Waals surface area contributed by atoms with Crippen LogP contribution in [0.4, 0.5) is 0 Å². The normalized spacial score (nSPS) is 12.3. The third kappa shape index (κ3) is 4.74. The summed E-state index contributed by atoms with van der Waals surface area (Å²) in [5.74, 6) is 0. The number of nitrogens with zero attached hydrogens (tertiary/aromatic N) is 3. The molecule has 0 spiro atoms. The second-order valence-electron chi connectivity index (χ2n) is 17.0. The van der Waals surface area contributed by atoms with Gasteiger partial charge in [-0.1, -0.05) is 140 Å². The SMILES string of the molecule is c1ccc2c(c1)oc1c(-c3cc(-n4c5ccccc5c5ccc6c7ccccc7n(-c7cccc8c7oc7ccccc78)c6c54)cc(-c4cccc5c4oc4ccccc45)n3)cccc12. The van der Waals surface area contributed by atoms with E-state index in [0.717, 1.165) is 138 Å². The van der Waals surface area contributed by atoms with Gasteiger partial charge in [0.1, 0.15) is 27.9 Å². The van der Waals surface area contributed by atoms with Crippen LogP contribution in [-0.4, -0.2) is 14.1 Å². The van der Waals surface area contributed by atoms with E-state index in [2.05, 4.69) is 179 Å². The zero-order valence-corrected chi connectivity index (χ0v) is 34.6. The van der Waals surface area contributed by atoms with Gasteiger partial charge in [-0.15, -0.1) is 0 Å². The Hall–Kier alpha value is -8.87. The summed E-state index contributed by atoms with van der Waals surface area (Å²) >= 11 is 0. The maximum absolute atomic E-state index is 6.78. The summed E-state index contributed by atoms with van der Waals surface area (Å²) in [4.78, 5) is 5.55. The van der Waals surface area contributed by atoms with E-state index in [1.165, 1.54) is 5.39 Å². The van der Waals surface area contributed by atoms with Gasteiger partial charge in [0.2, 0.25) is 0 Å². The van der Waals surface area contributed by atoms with Crippen molar-refractivity contribution in [3.8, 4) is 33.9 Å². The first kappa shape index (κ1) is 34.7. The maximum Gasteiger partial charge on any atom is 0.159 e. The van der Waals surface area contributed by atoms with Crippen LogP contribution in [0.15, 0.2) is 213 Å². The van der Waals surface area contributed by atoms with Crippen LogP contribution < -0.4 is 0 Å². The van der Waals surface area contributed by atoms with Gasteiger partial charge in [-0.3, -0.25) is 0 Å². The van der Waals surface area contributed by atoms with Gasteiger partial charge >= 0.3 is 0 Å². The summed E-state index contributed by atoms with van der Waals surface area (Å²) in [6, 6.07) is 70.5. The van der Waals surface area contributed by atoms with E-state index in [-0.39, 0.29) is 0 Å². The molecule has 6 nitrogen and oxygen atoms in total. The number of para-hydroxylation sites is 8. The highest BCUT2D eigenvalue weighted by Crippen LogP contribution is 2.45. The highest BCUT2D eigenvalue weighted by atomic mass is 16.3. The molecule has 15 aromatic rings. The lowest BCUT2D eigenvalue weighted by Crippen LogP contribution is -2.01. The molecular weight excluding hydrogens is 799 g/mol. The van der Waals surface area contributed by atoms with Crippen LogP contribution in [0, 0.1) is 0 Å². The van der Waals surface area contributed by atoms with Crippen molar-refractivity contribution in [1.82, 2.24) is 14.1 Å². The fourth-order valence-corrected chi connectivity index (χ4v) is 10.7. The van der Waals surface area contributed by atoms with Crippen molar-refractivity contribution >= 4 is 109 Å². The minimum absolute atomic E-state index is 0.793. The number of hydrogen-bond donors (Lipinski definition) is 0. The third-order valence-electron chi connectivity index (χ3n) is 13.5. The van der Waals surface area contributed by atoms with Gasteiger partial charge in [-0.05, 0) is 60.7 Å². The highest BCUT2D eigenvalue weighted by Gasteiger charge is 2.25. The largest absolute Gasteiger partial charge is 0.455 e. The zero-order chi connectivity index (χ0) is 42.3. The molecule has 6 aromatic heterocycles. The monoisotopic (exact) mass is 831 g/mol. The molecule has 0 bridgehead atoms. The Bertz CT molecular complexity index is 4370. The maximum atomic E-state index is 6.78. The van der Waals surface area contributed by atoms with E-state index < -0.39 is 0 Å². The van der Waals surface area contributed by atoms with E-state index in [9.17, 15) is 0 Å². The van der Waals surface area contributed by atoms with Gasteiger partial charge in [-0.2, -0.15) is 0 Å². The Morgan fingerprint density at radius 2 is 0.708 bits per heavy atom. The van der Waals surface area contributed by atoms with Crippen molar-refractivity contribution in [1.29, 1.82) is 0 Å². The van der Waals surface area contributed by atoms with Crippen molar-refractivity contribution in [3.05, 3.63) is 200 Å². The van der Waals surface area contributed by atoms with Crippen LogP contribution in [-0.2, 0) is 0 Å². The molecule has 0 aliphatic carbocycles. The van der Waals surface area contributed by atoms with Crippen molar-refractivity contribution in [2.45, 2.75) is 0 Å². The predicted octanol–water partition coefficient (Wildman–Crippen LogP) is 16.3. The summed E-state index contributed by atoms with van der Waals surface area (Å²) < 4.78 is 25.0. The first-order chi connectivity index (χ1) is 32.2. The Kier molecular flexibility index (Phi) is 6.86. The van der Waals surface area contributed by atoms with Crippen molar-refractivity contribution in [3.63, 3.8) is 0 Å². The van der Waals surface area contributed by atoms with Gasteiger partial charge < -0.3 is 22.4 Å². The predicted molar refractivity (Wildman–Crippen MR) is 266 cm³/mol. The molecule has 0 saturated carbocycles. The third-order valence-corrected chi connectivity index (χ3v) is 13.5. The standard InChI is InChI=1S/C59H33N3O3/c1-6-24-49-35(14-1)40-30-31-41-36-15-2-7-25-50(36)62(51-26-13-21-44-39-18-5-10-29-54(39)65-59(44)51)56(41)55(40)61(49)34-32-47(45-22-11-19-42-37-16-3-8-27-52(37)63-57(42)45)60-48(33-34)46-23-12-20-43-38-17-4-9-28-53(38)64-58(43)46/h1-33H. The minimum atomic E-state index is 0.793.